The Kier molecular flexibility index (Phi) is 6.20. The summed E-state index contributed by atoms with van der Waals surface area (Å²) in [5.74, 6) is 2.68. The molecule has 0 bridgehead atoms. The summed E-state index contributed by atoms with van der Waals surface area (Å²) in [6.07, 6.45) is 0.632. The van der Waals surface area contributed by atoms with Gasteiger partial charge in [-0.25, -0.2) is 0 Å². The number of carbonyl (C=O) groups is 1. The van der Waals surface area contributed by atoms with E-state index in [4.69, 9.17) is 18.9 Å². The Hall–Kier alpha value is -2.89. The predicted octanol–water partition coefficient (Wildman–Crippen LogP) is 4.28. The first-order valence-corrected chi connectivity index (χ1v) is 9.83. The average Bonchev–Trinajstić information content (AvgIpc) is 2.70. The molecule has 1 N–H and O–H groups in total. The van der Waals surface area contributed by atoms with Crippen LogP contribution in [0, 0.1) is 0 Å². The third kappa shape index (κ3) is 4.94. The Bertz CT molecular complexity index is 847. The number of hydrogen-bond donors (Lipinski definition) is 1. The molecule has 1 heterocycles. The minimum Gasteiger partial charge on any atom is -0.497 e. The average molecular weight is 399 g/mol. The van der Waals surface area contributed by atoms with E-state index in [1.807, 2.05) is 51.1 Å². The van der Waals surface area contributed by atoms with Crippen molar-refractivity contribution >= 4 is 5.91 Å². The summed E-state index contributed by atoms with van der Waals surface area (Å²) >= 11 is 0. The van der Waals surface area contributed by atoms with Crippen LogP contribution in [-0.2, 0) is 4.79 Å². The van der Waals surface area contributed by atoms with Crippen molar-refractivity contribution in [1.29, 1.82) is 0 Å². The molecule has 2 atom stereocenters. The Balaban J connectivity index is 1.75. The van der Waals surface area contributed by atoms with E-state index in [0.29, 0.717) is 18.6 Å². The van der Waals surface area contributed by atoms with Crippen LogP contribution in [0.3, 0.4) is 0 Å². The highest BCUT2D eigenvalue weighted by Crippen LogP contribution is 2.41. The normalized spacial score (nSPS) is 18.0. The minimum atomic E-state index is -0.587. The second-order valence-electron chi connectivity index (χ2n) is 7.72. The lowest BCUT2D eigenvalue weighted by Crippen LogP contribution is -2.45. The van der Waals surface area contributed by atoms with Crippen LogP contribution in [0.2, 0.25) is 0 Å². The second kappa shape index (κ2) is 8.64. The Morgan fingerprint density at radius 3 is 2.34 bits per heavy atom. The monoisotopic (exact) mass is 399 g/mol. The van der Waals surface area contributed by atoms with E-state index < -0.39 is 11.7 Å². The van der Waals surface area contributed by atoms with E-state index in [1.54, 1.807) is 26.4 Å². The zero-order valence-corrected chi connectivity index (χ0v) is 17.7. The van der Waals surface area contributed by atoms with Gasteiger partial charge in [0.2, 0.25) is 0 Å². The molecule has 0 aliphatic carbocycles. The first-order chi connectivity index (χ1) is 13.8. The van der Waals surface area contributed by atoms with Gasteiger partial charge in [-0.1, -0.05) is 6.92 Å². The van der Waals surface area contributed by atoms with Crippen molar-refractivity contribution < 1.29 is 23.7 Å². The Morgan fingerprint density at radius 1 is 1.10 bits per heavy atom. The molecule has 6 nitrogen and oxygen atoms in total. The molecule has 1 aliphatic rings. The quantitative estimate of drug-likeness (QED) is 0.753. The van der Waals surface area contributed by atoms with Crippen LogP contribution in [0.25, 0.3) is 0 Å². The molecule has 0 saturated carbocycles. The van der Waals surface area contributed by atoms with Crippen molar-refractivity contribution in [3.8, 4) is 23.0 Å². The standard InChI is InChI=1S/C23H29NO5/c1-6-20(28-16-9-7-15(26-4)8-10-16)22(25)24-19-14-23(2,3)29-21-13-17(27-5)11-12-18(19)21/h7-13,19-20H,6,14H2,1-5H3,(H,24,25). The van der Waals surface area contributed by atoms with Gasteiger partial charge in [-0.15, -0.1) is 0 Å². The number of methoxy groups -OCH3 is 2. The lowest BCUT2D eigenvalue weighted by molar-refractivity contribution is -0.129. The first kappa shape index (κ1) is 20.8. The molecule has 1 aliphatic heterocycles. The molecule has 0 saturated heterocycles. The van der Waals surface area contributed by atoms with Gasteiger partial charge in [-0.2, -0.15) is 0 Å². The van der Waals surface area contributed by atoms with Crippen molar-refractivity contribution in [2.45, 2.75) is 51.4 Å². The molecule has 0 fully saturated rings. The van der Waals surface area contributed by atoms with Crippen LogP contribution in [0.5, 0.6) is 23.0 Å². The van der Waals surface area contributed by atoms with E-state index in [9.17, 15) is 4.79 Å². The molecule has 156 valence electrons. The highest BCUT2D eigenvalue weighted by Gasteiger charge is 2.36. The van der Waals surface area contributed by atoms with E-state index in [2.05, 4.69) is 5.32 Å². The third-order valence-electron chi connectivity index (χ3n) is 5.00. The molecule has 2 aromatic rings. The second-order valence-corrected chi connectivity index (χ2v) is 7.72. The molecular weight excluding hydrogens is 370 g/mol. The maximum atomic E-state index is 13.0. The summed E-state index contributed by atoms with van der Waals surface area (Å²) < 4.78 is 22.5. The van der Waals surface area contributed by atoms with Crippen molar-refractivity contribution in [1.82, 2.24) is 5.32 Å². The highest BCUT2D eigenvalue weighted by atomic mass is 16.5. The third-order valence-corrected chi connectivity index (χ3v) is 5.00. The van der Waals surface area contributed by atoms with Crippen LogP contribution in [0.4, 0.5) is 0 Å². The zero-order chi connectivity index (χ0) is 21.0. The van der Waals surface area contributed by atoms with E-state index in [0.717, 1.165) is 22.8 Å². The maximum absolute atomic E-state index is 13.0. The summed E-state index contributed by atoms with van der Waals surface area (Å²) in [6, 6.07) is 12.7. The van der Waals surface area contributed by atoms with Gasteiger partial charge in [-0.3, -0.25) is 4.79 Å². The molecule has 2 unspecified atom stereocenters. The van der Waals surface area contributed by atoms with Crippen LogP contribution in [-0.4, -0.2) is 31.8 Å². The van der Waals surface area contributed by atoms with Crippen molar-refractivity contribution in [2.75, 3.05) is 14.2 Å². The van der Waals surface area contributed by atoms with Crippen LogP contribution >= 0.6 is 0 Å². The fraction of sp³-hybridized carbons (Fsp3) is 0.435. The lowest BCUT2D eigenvalue weighted by atomic mass is 9.89. The maximum Gasteiger partial charge on any atom is 0.261 e. The number of carbonyl (C=O) groups excluding carboxylic acids is 1. The molecule has 29 heavy (non-hydrogen) atoms. The number of hydrogen-bond acceptors (Lipinski definition) is 5. The van der Waals surface area contributed by atoms with Crippen LogP contribution in [0.15, 0.2) is 42.5 Å². The number of ether oxygens (including phenoxy) is 4. The predicted molar refractivity (Wildman–Crippen MR) is 111 cm³/mol. The van der Waals surface area contributed by atoms with Gasteiger partial charge in [0.1, 0.15) is 28.6 Å². The molecule has 0 spiro atoms. The Morgan fingerprint density at radius 2 is 1.72 bits per heavy atom. The summed E-state index contributed by atoms with van der Waals surface area (Å²) in [6.45, 7) is 5.96. The smallest absolute Gasteiger partial charge is 0.261 e. The number of rotatable bonds is 7. The van der Waals surface area contributed by atoms with Gasteiger partial charge in [0, 0.05) is 18.1 Å². The Labute approximate surface area is 172 Å². The van der Waals surface area contributed by atoms with E-state index >= 15 is 0 Å². The fourth-order valence-corrected chi connectivity index (χ4v) is 3.49. The van der Waals surface area contributed by atoms with Crippen molar-refractivity contribution in [3.05, 3.63) is 48.0 Å². The summed E-state index contributed by atoms with van der Waals surface area (Å²) in [5, 5.41) is 3.15. The SMILES string of the molecule is CCC(Oc1ccc(OC)cc1)C(=O)NC1CC(C)(C)Oc2cc(OC)ccc21. The topological polar surface area (TPSA) is 66.0 Å². The van der Waals surface area contributed by atoms with Gasteiger partial charge in [0.25, 0.3) is 5.91 Å². The van der Waals surface area contributed by atoms with Gasteiger partial charge >= 0.3 is 0 Å². The van der Waals surface area contributed by atoms with Crippen LogP contribution in [0.1, 0.15) is 45.2 Å². The number of benzene rings is 2. The number of nitrogens with one attached hydrogen (secondary N) is 1. The van der Waals surface area contributed by atoms with Gasteiger partial charge in [-0.05, 0) is 56.7 Å². The van der Waals surface area contributed by atoms with Crippen molar-refractivity contribution in [3.63, 3.8) is 0 Å². The largest absolute Gasteiger partial charge is 0.497 e. The first-order valence-electron chi connectivity index (χ1n) is 9.83. The minimum absolute atomic E-state index is 0.146. The number of fused-ring (bicyclic) bond motifs is 1. The lowest BCUT2D eigenvalue weighted by Gasteiger charge is -2.38. The van der Waals surface area contributed by atoms with Gasteiger partial charge < -0.3 is 24.3 Å². The van der Waals surface area contributed by atoms with Crippen molar-refractivity contribution in [2.24, 2.45) is 0 Å². The molecule has 6 heteroatoms. The van der Waals surface area contributed by atoms with E-state index in [-0.39, 0.29) is 11.9 Å². The van der Waals surface area contributed by atoms with Crippen LogP contribution < -0.4 is 24.3 Å². The molecule has 3 rings (SSSR count). The van der Waals surface area contributed by atoms with E-state index in [1.165, 1.54) is 0 Å². The molecule has 1 amide bonds. The zero-order valence-electron chi connectivity index (χ0n) is 17.7. The van der Waals surface area contributed by atoms with Gasteiger partial charge in [0.05, 0.1) is 20.3 Å². The molecule has 0 radical (unpaired) electrons. The summed E-state index contributed by atoms with van der Waals surface area (Å²) in [7, 11) is 3.23. The fourth-order valence-electron chi connectivity index (χ4n) is 3.49. The molecule has 0 aromatic heterocycles. The number of amides is 1. The molecule has 2 aromatic carbocycles. The highest BCUT2D eigenvalue weighted by molar-refractivity contribution is 5.81. The molecular formula is C23H29NO5. The summed E-state index contributed by atoms with van der Waals surface area (Å²) in [5.41, 5.74) is 0.536. The van der Waals surface area contributed by atoms with Gasteiger partial charge in [0.15, 0.2) is 6.10 Å². The summed E-state index contributed by atoms with van der Waals surface area (Å²) in [4.78, 5) is 13.0.